The van der Waals surface area contributed by atoms with Crippen LogP contribution in [0, 0.1) is 60.7 Å². The van der Waals surface area contributed by atoms with Gasteiger partial charge in [0.1, 0.15) is 0 Å². The van der Waals surface area contributed by atoms with Crippen LogP contribution in [0.4, 0.5) is 0 Å². The van der Waals surface area contributed by atoms with Crippen molar-refractivity contribution in [2.75, 3.05) is 0 Å². The molecule has 0 spiro atoms. The van der Waals surface area contributed by atoms with Crippen LogP contribution in [0.1, 0.15) is 0 Å². The molecule has 0 rings (SSSR count). The van der Waals surface area contributed by atoms with Gasteiger partial charge in [0.25, 0.3) is 0 Å². The fraction of sp³-hybridized carbons (Fsp3) is 0. The summed E-state index contributed by atoms with van der Waals surface area (Å²) in [6.07, 6.45) is 0. The van der Waals surface area contributed by atoms with Gasteiger partial charge < -0.3 is 0 Å². The largest absolute Gasteiger partial charge is 1.00 e. The van der Waals surface area contributed by atoms with Gasteiger partial charge in [0.05, 0.1) is 0 Å². The van der Waals surface area contributed by atoms with Crippen molar-refractivity contribution in [2.24, 2.45) is 0 Å². The molecule has 0 aromatic rings. The molecule has 0 saturated carbocycles. The molecule has 0 saturated heterocycles. The fourth-order valence-electron chi connectivity index (χ4n) is 0.687. The van der Waals surface area contributed by atoms with Gasteiger partial charge in [-0.05, 0) is 0 Å². The first kappa shape index (κ1) is 21.8. The maximum atomic E-state index is 12.1. The second-order valence-electron chi connectivity index (χ2n) is 2.60. The molecule has 0 aliphatic carbocycles. The van der Waals surface area contributed by atoms with Crippen LogP contribution >= 0.6 is 0 Å². The van der Waals surface area contributed by atoms with E-state index in [2.05, 4.69) is 3.95 Å². The minimum absolute atomic E-state index is 0. The molecule has 0 aromatic carbocycles. The van der Waals surface area contributed by atoms with Crippen LogP contribution in [-0.2, 0) is 18.6 Å². The van der Waals surface area contributed by atoms with E-state index in [1.165, 1.54) is 0 Å². The Morgan fingerprint density at radius 1 is 0.591 bits per heavy atom. The van der Waals surface area contributed by atoms with E-state index in [0.29, 0.717) is 0 Å². The second-order valence-corrected chi connectivity index (χ2v) is 8.84. The monoisotopic (exact) mass is 390 g/mol. The summed E-state index contributed by atoms with van der Waals surface area (Å²) in [6.45, 7) is 0. The molecular formula is CoN6NaO14. The molecule has 20 nitrogen and oxygen atoms in total. The molecule has 0 aliphatic heterocycles. The molecule has 124 valence electrons. The van der Waals surface area contributed by atoms with E-state index in [1.807, 2.05) is 0 Å². The van der Waals surface area contributed by atoms with E-state index in [9.17, 15) is 64.6 Å². The van der Waals surface area contributed by atoms with Crippen LogP contribution in [0.2, 0.25) is 0 Å². The summed E-state index contributed by atoms with van der Waals surface area (Å²) in [6, 6.07) is 0. The fourth-order valence-corrected chi connectivity index (χ4v) is 2.83. The van der Waals surface area contributed by atoms with Gasteiger partial charge >= 0.3 is 134 Å². The van der Waals surface area contributed by atoms with Gasteiger partial charge in [-0.15, -0.1) is 0 Å². The van der Waals surface area contributed by atoms with Gasteiger partial charge in [0.15, 0.2) is 0 Å². The SMILES string of the molecule is O=[N+]([O-])[O][Co-](=[O])([N+](=O)[O-])([N+](=O)[O-])([N+](=O)[O-])([N+](=O)[O-])[N+](=O)[O-].[Na+]. The molecule has 0 atom stereocenters. The van der Waals surface area contributed by atoms with Crippen molar-refractivity contribution in [1.82, 2.24) is 0 Å². The molecule has 0 fully saturated rings. The molecule has 0 unspecified atom stereocenters. The van der Waals surface area contributed by atoms with E-state index in [0.717, 1.165) is 0 Å². The van der Waals surface area contributed by atoms with E-state index >= 15 is 0 Å². The minimum Gasteiger partial charge on any atom is 1.00 e. The van der Waals surface area contributed by atoms with E-state index < -0.39 is 35.8 Å². The number of hydrogen-bond acceptors (Lipinski definition) is 14. The van der Waals surface area contributed by atoms with Crippen molar-refractivity contribution >= 4 is 0 Å². The van der Waals surface area contributed by atoms with Crippen LogP contribution in [0.25, 0.3) is 0 Å². The summed E-state index contributed by atoms with van der Waals surface area (Å²) >= 11 is 0. The Morgan fingerprint density at radius 2 is 0.773 bits per heavy atom. The number of rotatable bonds is 7. The van der Waals surface area contributed by atoms with Crippen LogP contribution < -0.4 is 29.6 Å². The Kier molecular flexibility index (Phi) is 3.99. The molecule has 0 radical (unpaired) electrons. The number of hydrogen-bond donors (Lipinski definition) is 0. The molecular weight excluding hydrogens is 390 g/mol. The standard InChI is InChI=1S/Co.NO3.5NO2.Na.O/c;2-1(3)4;5*2-1-3;;/q;-1;;;;;;+1;. The zero-order valence-electron chi connectivity index (χ0n) is 9.73. The Balaban J connectivity index is 0. The van der Waals surface area contributed by atoms with Crippen molar-refractivity contribution in [3.63, 3.8) is 0 Å². The van der Waals surface area contributed by atoms with Crippen molar-refractivity contribution < 1.29 is 73.1 Å². The molecule has 0 amide bonds. The quantitative estimate of drug-likeness (QED) is 0.224. The van der Waals surface area contributed by atoms with Gasteiger partial charge in [-0.1, -0.05) is 0 Å². The number of nitrogens with zero attached hydrogens (tertiary/aromatic N) is 6. The van der Waals surface area contributed by atoms with Crippen molar-refractivity contribution in [1.29, 1.82) is 0 Å². The molecule has 0 heterocycles. The summed E-state index contributed by atoms with van der Waals surface area (Å²) in [5.41, 5.74) is 0. The zero-order valence-corrected chi connectivity index (χ0v) is 12.8. The van der Waals surface area contributed by atoms with Crippen molar-refractivity contribution in [2.45, 2.75) is 0 Å². The smallest absolute Gasteiger partial charge is 1.00 e. The van der Waals surface area contributed by atoms with Crippen molar-refractivity contribution in [3.8, 4) is 0 Å². The predicted octanol–water partition coefficient (Wildman–Crippen LogP) is -4.82. The average Bonchev–Trinajstić information content (AvgIpc) is 2.26. The Bertz CT molecular complexity index is 638. The summed E-state index contributed by atoms with van der Waals surface area (Å²) in [5, 5.41) is 60.3. The number of nitro groups is 5. The summed E-state index contributed by atoms with van der Waals surface area (Å²) in [5.74, 6) is 0. The second kappa shape index (κ2) is 4.03. The van der Waals surface area contributed by atoms with Crippen LogP contribution in [0.15, 0.2) is 0 Å². The molecule has 22 heavy (non-hydrogen) atoms. The van der Waals surface area contributed by atoms with Gasteiger partial charge in [-0.3, -0.25) is 0 Å². The predicted molar refractivity (Wildman–Crippen MR) is 43.7 cm³/mol. The summed E-state index contributed by atoms with van der Waals surface area (Å²) in [7, 11) is -12.1. The molecule has 0 aliphatic rings. The molecule has 22 heteroatoms. The Morgan fingerprint density at radius 3 is 0.818 bits per heavy atom. The molecule has 0 aromatic heterocycles. The summed E-state index contributed by atoms with van der Waals surface area (Å²) < 4.78 is -4.47. The zero-order chi connectivity index (χ0) is 17.5. The third-order valence-corrected chi connectivity index (χ3v) is 7.41. The third-order valence-electron chi connectivity index (χ3n) is 1.80. The van der Waals surface area contributed by atoms with E-state index in [4.69, 9.17) is 0 Å². The third kappa shape index (κ3) is 1.11. The van der Waals surface area contributed by atoms with Crippen LogP contribution in [0.5, 0.6) is 0 Å². The van der Waals surface area contributed by atoms with Gasteiger partial charge in [0, 0.05) is 0 Å². The first-order valence-electron chi connectivity index (χ1n) is 3.39. The van der Waals surface area contributed by atoms with Gasteiger partial charge in [0.2, 0.25) is 0 Å². The molecule has 0 N–H and O–H groups in total. The Labute approximate surface area is 134 Å². The normalized spacial score (nSPS) is 15.4. The topological polar surface area (TPSA) is 285 Å². The van der Waals surface area contributed by atoms with Crippen LogP contribution in [-0.4, -0.2) is 24.9 Å². The van der Waals surface area contributed by atoms with Gasteiger partial charge in [-0.2, -0.15) is 0 Å². The first-order chi connectivity index (χ1) is 9.07. The van der Waals surface area contributed by atoms with E-state index in [1.54, 1.807) is 0 Å². The summed E-state index contributed by atoms with van der Waals surface area (Å²) in [4.78, 5) is 63.3. The maximum absolute atomic E-state index is 12.1. The van der Waals surface area contributed by atoms with Gasteiger partial charge in [-0.25, -0.2) is 0 Å². The van der Waals surface area contributed by atoms with E-state index in [-0.39, 0.29) is 29.6 Å². The Hall–Kier alpha value is -2.49. The van der Waals surface area contributed by atoms with Crippen LogP contribution in [0.3, 0.4) is 0 Å². The minimum atomic E-state index is -12.1. The average molecular weight is 390 g/mol. The maximum Gasteiger partial charge on any atom is 1.00 e. The van der Waals surface area contributed by atoms with Crippen molar-refractivity contribution in [3.05, 3.63) is 60.7 Å². The molecule has 0 bridgehead atoms. The first-order valence-corrected chi connectivity index (χ1v) is 6.57.